The van der Waals surface area contributed by atoms with Crippen LogP contribution in [0.25, 0.3) is 10.9 Å². The van der Waals surface area contributed by atoms with Gasteiger partial charge in [-0.05, 0) is 30.3 Å². The van der Waals surface area contributed by atoms with Crippen molar-refractivity contribution in [3.63, 3.8) is 0 Å². The molecule has 2 aromatic carbocycles. The van der Waals surface area contributed by atoms with Crippen molar-refractivity contribution in [3.05, 3.63) is 65.6 Å². The molecule has 0 fully saturated rings. The highest BCUT2D eigenvalue weighted by Gasteiger charge is 2.31. The van der Waals surface area contributed by atoms with Crippen molar-refractivity contribution in [1.29, 1.82) is 0 Å². The van der Waals surface area contributed by atoms with Crippen molar-refractivity contribution in [2.45, 2.75) is 6.42 Å². The van der Waals surface area contributed by atoms with Crippen LogP contribution < -0.4 is 14.2 Å². The molecule has 0 saturated carbocycles. The zero-order chi connectivity index (χ0) is 21.5. The molecule has 3 aromatic rings. The lowest BCUT2D eigenvalue weighted by Crippen LogP contribution is -2.20. The molecule has 7 heteroatoms. The molecule has 2 aliphatic heterocycles. The van der Waals surface area contributed by atoms with E-state index in [-0.39, 0.29) is 0 Å². The van der Waals surface area contributed by atoms with Gasteiger partial charge >= 0.3 is 5.82 Å². The molecule has 0 aliphatic carbocycles. The number of nitrogens with zero attached hydrogens (tertiary/aromatic N) is 4. The van der Waals surface area contributed by atoms with Gasteiger partial charge in [0.15, 0.2) is 11.5 Å². The highest BCUT2D eigenvalue weighted by Crippen LogP contribution is 2.39. The number of aliphatic imine (C=N–C) groups is 1. The molecule has 7 nitrogen and oxygen atoms in total. The van der Waals surface area contributed by atoms with Gasteiger partial charge in [0.25, 0.3) is 0 Å². The van der Waals surface area contributed by atoms with Gasteiger partial charge in [0.05, 0.1) is 33.8 Å². The molecule has 0 saturated heterocycles. The van der Waals surface area contributed by atoms with Crippen molar-refractivity contribution in [2.75, 3.05) is 21.3 Å². The predicted octanol–water partition coefficient (Wildman–Crippen LogP) is 3.74. The van der Waals surface area contributed by atoms with Crippen LogP contribution in [-0.2, 0) is 7.05 Å². The van der Waals surface area contributed by atoms with Gasteiger partial charge in [0.1, 0.15) is 17.6 Å². The number of fused-ring (bicyclic) bond motifs is 2. The van der Waals surface area contributed by atoms with Crippen LogP contribution in [0.4, 0.5) is 0 Å². The topological polar surface area (TPSA) is 60.4 Å². The third-order valence-electron chi connectivity index (χ3n) is 5.63. The minimum atomic E-state index is 0.566. The molecule has 3 heterocycles. The summed E-state index contributed by atoms with van der Waals surface area (Å²) in [4.78, 5) is 4.56. The predicted molar refractivity (Wildman–Crippen MR) is 121 cm³/mol. The maximum atomic E-state index is 5.53. The second-order valence-electron chi connectivity index (χ2n) is 7.38. The van der Waals surface area contributed by atoms with E-state index in [4.69, 9.17) is 19.3 Å². The van der Waals surface area contributed by atoms with Crippen LogP contribution in [0.15, 0.2) is 64.6 Å². The second kappa shape index (κ2) is 7.43. The minimum absolute atomic E-state index is 0.566. The van der Waals surface area contributed by atoms with Crippen molar-refractivity contribution < 1.29 is 18.9 Å². The first-order chi connectivity index (χ1) is 15.1. The van der Waals surface area contributed by atoms with Crippen molar-refractivity contribution in [1.82, 2.24) is 4.57 Å². The minimum Gasteiger partial charge on any atom is -0.493 e. The summed E-state index contributed by atoms with van der Waals surface area (Å²) in [6.45, 7) is 0. The summed E-state index contributed by atoms with van der Waals surface area (Å²) in [6, 6.07) is 12.4. The Kier molecular flexibility index (Phi) is 4.58. The maximum absolute atomic E-state index is 5.53. The van der Waals surface area contributed by atoms with Gasteiger partial charge in [-0.15, -0.1) is 0 Å². The normalized spacial score (nSPS) is 15.1. The van der Waals surface area contributed by atoms with Crippen LogP contribution in [0.5, 0.6) is 17.2 Å². The largest absolute Gasteiger partial charge is 0.493 e. The number of hydrazone groups is 1. The van der Waals surface area contributed by atoms with Gasteiger partial charge in [-0.1, -0.05) is 20.8 Å². The van der Waals surface area contributed by atoms with E-state index in [1.54, 1.807) is 21.3 Å². The number of rotatable bonds is 5. The van der Waals surface area contributed by atoms with Crippen LogP contribution in [0, 0.1) is 0 Å². The monoisotopic (exact) mass is 415 g/mol. The van der Waals surface area contributed by atoms with Crippen LogP contribution >= 0.6 is 0 Å². The SMILES string of the molecule is COc1cc(C2=[N+]3N=C(c4ccc5c(ccn5C)c4)C=C3N=CC2)cc(OC)c1OC. The Hall–Kier alpha value is -3.87. The molecule has 0 bridgehead atoms. The number of ether oxygens (including phenoxy) is 3. The summed E-state index contributed by atoms with van der Waals surface area (Å²) >= 11 is 0. The Morgan fingerprint density at radius 1 is 0.935 bits per heavy atom. The summed E-state index contributed by atoms with van der Waals surface area (Å²) in [5.74, 6) is 2.57. The van der Waals surface area contributed by atoms with E-state index < -0.39 is 0 Å². The molecule has 2 aliphatic rings. The van der Waals surface area contributed by atoms with Crippen LogP contribution in [0.1, 0.15) is 17.5 Å². The number of aryl methyl sites for hydroxylation is 1. The third-order valence-corrected chi connectivity index (χ3v) is 5.63. The number of hydrogen-bond donors (Lipinski definition) is 0. The van der Waals surface area contributed by atoms with Gasteiger partial charge in [0, 0.05) is 35.3 Å². The fourth-order valence-electron chi connectivity index (χ4n) is 4.04. The van der Waals surface area contributed by atoms with E-state index in [0.29, 0.717) is 23.7 Å². The van der Waals surface area contributed by atoms with E-state index in [2.05, 4.69) is 40.0 Å². The Morgan fingerprint density at radius 3 is 2.42 bits per heavy atom. The summed E-state index contributed by atoms with van der Waals surface area (Å²) in [7, 11) is 6.88. The average molecular weight is 415 g/mol. The Morgan fingerprint density at radius 2 is 1.71 bits per heavy atom. The standard InChI is InChI=1S/C24H23N4O3/c1-27-10-8-16-11-15(5-6-19(16)27)18-14-23-25-9-7-20(28(23)26-18)17-12-21(29-2)24(31-4)22(13-17)30-3/h5-6,8-14H,7H2,1-4H3/q+1. The van der Waals surface area contributed by atoms with Gasteiger partial charge in [-0.2, -0.15) is 0 Å². The number of aromatic nitrogens is 1. The van der Waals surface area contributed by atoms with Crippen LogP contribution in [-0.4, -0.2) is 48.2 Å². The molecule has 5 rings (SSSR count). The van der Waals surface area contributed by atoms with E-state index in [0.717, 1.165) is 28.4 Å². The first-order valence-corrected chi connectivity index (χ1v) is 9.97. The number of benzene rings is 2. The van der Waals surface area contributed by atoms with Crippen LogP contribution in [0.3, 0.4) is 0 Å². The van der Waals surface area contributed by atoms with Crippen molar-refractivity contribution >= 4 is 28.5 Å². The van der Waals surface area contributed by atoms with Crippen molar-refractivity contribution in [2.24, 2.45) is 17.1 Å². The Balaban J connectivity index is 1.62. The summed E-state index contributed by atoms with van der Waals surface area (Å²) in [5.41, 5.74) is 5.06. The molecular formula is C24H23N4O3+. The third kappa shape index (κ3) is 3.09. The molecule has 1 aromatic heterocycles. The first kappa shape index (κ1) is 19.1. The van der Waals surface area contributed by atoms with E-state index in [1.165, 1.54) is 10.9 Å². The fraction of sp³-hybridized carbons (Fsp3) is 0.208. The second-order valence-corrected chi connectivity index (χ2v) is 7.38. The molecular weight excluding hydrogens is 392 g/mol. The maximum Gasteiger partial charge on any atom is 0.350 e. The summed E-state index contributed by atoms with van der Waals surface area (Å²) in [6.07, 6.45) is 6.62. The van der Waals surface area contributed by atoms with E-state index in [1.807, 2.05) is 36.2 Å². The zero-order valence-electron chi connectivity index (χ0n) is 17.9. The molecule has 0 spiro atoms. The van der Waals surface area contributed by atoms with Crippen molar-refractivity contribution in [3.8, 4) is 17.2 Å². The first-order valence-electron chi connectivity index (χ1n) is 9.97. The summed E-state index contributed by atoms with van der Waals surface area (Å²) in [5, 5.41) is 6.08. The Bertz CT molecular complexity index is 1300. The number of methoxy groups -OCH3 is 3. The number of hydrogen-bond acceptors (Lipinski definition) is 5. The lowest BCUT2D eigenvalue weighted by atomic mass is 10.1. The lowest BCUT2D eigenvalue weighted by Gasteiger charge is -2.15. The molecule has 0 unspecified atom stereocenters. The van der Waals surface area contributed by atoms with Gasteiger partial charge in [-0.3, -0.25) is 0 Å². The van der Waals surface area contributed by atoms with E-state index in [9.17, 15) is 0 Å². The molecule has 0 amide bonds. The quantitative estimate of drug-likeness (QED) is 0.597. The van der Waals surface area contributed by atoms with E-state index >= 15 is 0 Å². The zero-order valence-corrected chi connectivity index (χ0v) is 17.9. The summed E-state index contributed by atoms with van der Waals surface area (Å²) < 4.78 is 20.5. The Labute approximate surface area is 180 Å². The van der Waals surface area contributed by atoms with Crippen LogP contribution in [0.2, 0.25) is 0 Å². The highest BCUT2D eigenvalue weighted by atomic mass is 16.5. The lowest BCUT2D eigenvalue weighted by molar-refractivity contribution is -0.480. The van der Waals surface area contributed by atoms with Gasteiger partial charge < -0.3 is 18.8 Å². The fourth-order valence-corrected chi connectivity index (χ4v) is 4.04. The average Bonchev–Trinajstić information content (AvgIpc) is 3.41. The van der Waals surface area contributed by atoms with Gasteiger partial charge in [-0.25, -0.2) is 0 Å². The molecule has 31 heavy (non-hydrogen) atoms. The molecule has 0 radical (unpaired) electrons. The molecule has 156 valence electrons. The smallest absolute Gasteiger partial charge is 0.350 e. The molecule has 0 atom stereocenters. The molecule has 0 N–H and O–H groups in total. The van der Waals surface area contributed by atoms with Gasteiger partial charge in [0.2, 0.25) is 5.75 Å². The number of allylic oxidation sites excluding steroid dienone is 1. The highest BCUT2D eigenvalue weighted by molar-refractivity contribution is 6.13.